The average Bonchev–Trinajstić information content (AvgIpc) is 3.06. The van der Waals surface area contributed by atoms with Crippen LogP contribution in [0, 0.1) is 4.77 Å². The van der Waals surface area contributed by atoms with Crippen LogP contribution in [0.5, 0.6) is 5.75 Å². The van der Waals surface area contributed by atoms with Crippen LogP contribution in [0.1, 0.15) is 19.2 Å². The third-order valence-electron chi connectivity index (χ3n) is 3.36. The summed E-state index contributed by atoms with van der Waals surface area (Å²) in [5.74, 6) is 2.45. The standard InChI is InChI=1S/C18H19N3OS3/c1-2-17(24-12-16-19-18(23)21-20-16)22-13-8-10-15(11-9-13)25-14-6-4-3-5-7-14/h3-11,17H,2,12H2,1H3,(H2,19,20,21,23). The van der Waals surface area contributed by atoms with E-state index in [-0.39, 0.29) is 5.44 Å². The molecule has 1 unspecified atom stereocenters. The van der Waals surface area contributed by atoms with E-state index in [0.29, 0.717) is 4.77 Å². The van der Waals surface area contributed by atoms with Gasteiger partial charge in [0.25, 0.3) is 0 Å². The molecule has 0 amide bonds. The van der Waals surface area contributed by atoms with Gasteiger partial charge in [-0.1, -0.05) is 36.9 Å². The summed E-state index contributed by atoms with van der Waals surface area (Å²) >= 11 is 8.41. The number of thioether (sulfide) groups is 1. The Kier molecular flexibility index (Phi) is 6.61. The number of nitrogens with one attached hydrogen (secondary N) is 2. The number of H-pyrrole nitrogens is 2. The minimum atomic E-state index is 0.0753. The molecule has 0 aliphatic rings. The van der Waals surface area contributed by atoms with Crippen molar-refractivity contribution in [1.29, 1.82) is 0 Å². The van der Waals surface area contributed by atoms with Crippen LogP contribution < -0.4 is 4.74 Å². The van der Waals surface area contributed by atoms with Gasteiger partial charge in [-0.15, -0.1) is 11.8 Å². The van der Waals surface area contributed by atoms with Gasteiger partial charge in [-0.25, -0.2) is 4.98 Å². The Morgan fingerprint density at radius 1 is 1.04 bits per heavy atom. The van der Waals surface area contributed by atoms with Gasteiger partial charge < -0.3 is 4.74 Å². The third kappa shape index (κ3) is 5.66. The second-order valence-electron chi connectivity index (χ2n) is 5.27. The highest BCUT2D eigenvalue weighted by Gasteiger charge is 2.10. The van der Waals surface area contributed by atoms with Gasteiger partial charge in [0.1, 0.15) is 17.0 Å². The minimum absolute atomic E-state index is 0.0753. The zero-order valence-corrected chi connectivity index (χ0v) is 16.2. The molecule has 0 spiro atoms. The van der Waals surface area contributed by atoms with Crippen molar-refractivity contribution < 1.29 is 4.74 Å². The topological polar surface area (TPSA) is 53.7 Å². The highest BCUT2D eigenvalue weighted by Crippen LogP contribution is 2.30. The molecule has 3 aromatic rings. The number of ether oxygens (including phenoxy) is 1. The second-order valence-corrected chi connectivity index (χ2v) is 7.95. The Bertz CT molecular complexity index is 831. The second kappa shape index (κ2) is 9.12. The molecule has 4 nitrogen and oxygen atoms in total. The summed E-state index contributed by atoms with van der Waals surface area (Å²) < 4.78 is 6.56. The van der Waals surface area contributed by atoms with Crippen molar-refractivity contribution in [3.05, 3.63) is 65.2 Å². The first kappa shape index (κ1) is 18.1. The Balaban J connectivity index is 1.54. The predicted molar refractivity (Wildman–Crippen MR) is 107 cm³/mol. The summed E-state index contributed by atoms with van der Waals surface area (Å²) in [4.78, 5) is 6.63. The molecule has 25 heavy (non-hydrogen) atoms. The van der Waals surface area contributed by atoms with E-state index >= 15 is 0 Å². The molecule has 1 heterocycles. The van der Waals surface area contributed by atoms with Crippen LogP contribution in [0.15, 0.2) is 64.4 Å². The van der Waals surface area contributed by atoms with Gasteiger partial charge in [0.15, 0.2) is 0 Å². The van der Waals surface area contributed by atoms with E-state index < -0.39 is 0 Å². The molecule has 0 bridgehead atoms. The highest BCUT2D eigenvalue weighted by atomic mass is 32.2. The average molecular weight is 390 g/mol. The van der Waals surface area contributed by atoms with E-state index in [9.17, 15) is 0 Å². The number of aromatic amines is 2. The first-order valence-electron chi connectivity index (χ1n) is 7.97. The molecular weight excluding hydrogens is 370 g/mol. The van der Waals surface area contributed by atoms with Crippen molar-refractivity contribution >= 4 is 35.7 Å². The summed E-state index contributed by atoms with van der Waals surface area (Å²) in [7, 11) is 0. The summed E-state index contributed by atoms with van der Waals surface area (Å²) in [5.41, 5.74) is 0.0753. The first-order valence-corrected chi connectivity index (χ1v) is 10.2. The van der Waals surface area contributed by atoms with Gasteiger partial charge in [0, 0.05) is 9.79 Å². The summed E-state index contributed by atoms with van der Waals surface area (Å²) in [6.45, 7) is 2.12. The molecule has 2 aromatic carbocycles. The smallest absolute Gasteiger partial charge is 0.213 e. The quantitative estimate of drug-likeness (QED) is 0.384. The lowest BCUT2D eigenvalue weighted by Crippen LogP contribution is -2.11. The van der Waals surface area contributed by atoms with Gasteiger partial charge in [-0.05, 0) is 55.0 Å². The van der Waals surface area contributed by atoms with E-state index in [2.05, 4.69) is 58.5 Å². The predicted octanol–water partition coefficient (Wildman–Crippen LogP) is 5.67. The number of rotatable bonds is 8. The Morgan fingerprint density at radius 2 is 1.76 bits per heavy atom. The zero-order chi connectivity index (χ0) is 17.5. The lowest BCUT2D eigenvalue weighted by atomic mass is 10.3. The molecule has 0 saturated carbocycles. The van der Waals surface area contributed by atoms with E-state index in [4.69, 9.17) is 17.0 Å². The summed E-state index contributed by atoms with van der Waals surface area (Å²) in [5, 5.41) is 5.77. The fourth-order valence-electron chi connectivity index (χ4n) is 2.14. The number of hydrogen-bond donors (Lipinski definition) is 2. The molecule has 1 aromatic heterocycles. The van der Waals surface area contributed by atoms with Gasteiger partial charge in [0.2, 0.25) is 4.77 Å². The maximum Gasteiger partial charge on any atom is 0.213 e. The summed E-state index contributed by atoms with van der Waals surface area (Å²) in [6.07, 6.45) is 0.913. The molecule has 0 aliphatic carbocycles. The first-order chi connectivity index (χ1) is 12.2. The molecule has 0 aliphatic heterocycles. The molecule has 7 heteroatoms. The normalized spacial score (nSPS) is 12.0. The zero-order valence-electron chi connectivity index (χ0n) is 13.8. The molecule has 0 saturated heterocycles. The van der Waals surface area contributed by atoms with Crippen molar-refractivity contribution in [3.8, 4) is 5.75 Å². The molecule has 0 radical (unpaired) electrons. The third-order valence-corrected chi connectivity index (χ3v) is 5.81. The highest BCUT2D eigenvalue weighted by molar-refractivity contribution is 7.99. The van der Waals surface area contributed by atoms with Crippen LogP contribution in [0.4, 0.5) is 0 Å². The molecule has 3 rings (SSSR count). The lowest BCUT2D eigenvalue weighted by Gasteiger charge is -2.16. The monoisotopic (exact) mass is 389 g/mol. The Hall–Kier alpha value is -1.70. The van der Waals surface area contributed by atoms with E-state index in [1.807, 2.05) is 18.2 Å². The fraction of sp³-hybridized carbons (Fsp3) is 0.222. The fourth-order valence-corrected chi connectivity index (χ4v) is 4.04. The van der Waals surface area contributed by atoms with Crippen LogP contribution in [0.25, 0.3) is 0 Å². The number of nitrogens with zero attached hydrogens (tertiary/aromatic N) is 1. The van der Waals surface area contributed by atoms with Crippen molar-refractivity contribution in [1.82, 2.24) is 15.2 Å². The van der Waals surface area contributed by atoms with Crippen LogP contribution in [0.2, 0.25) is 0 Å². The van der Waals surface area contributed by atoms with E-state index in [0.717, 1.165) is 23.7 Å². The van der Waals surface area contributed by atoms with Crippen LogP contribution in [-0.2, 0) is 5.75 Å². The molecule has 0 fully saturated rings. The van der Waals surface area contributed by atoms with Crippen molar-refractivity contribution in [2.45, 2.75) is 34.3 Å². The van der Waals surface area contributed by atoms with Crippen molar-refractivity contribution in [2.24, 2.45) is 0 Å². The molecule has 2 N–H and O–H groups in total. The minimum Gasteiger partial charge on any atom is -0.480 e. The Morgan fingerprint density at radius 3 is 2.40 bits per heavy atom. The maximum absolute atomic E-state index is 6.07. The number of hydrogen-bond acceptors (Lipinski definition) is 5. The van der Waals surface area contributed by atoms with Gasteiger partial charge in [-0.3, -0.25) is 10.2 Å². The maximum atomic E-state index is 6.07. The van der Waals surface area contributed by atoms with Crippen LogP contribution in [0.3, 0.4) is 0 Å². The van der Waals surface area contributed by atoms with E-state index in [1.165, 1.54) is 9.79 Å². The number of benzene rings is 2. The molecule has 1 atom stereocenters. The van der Waals surface area contributed by atoms with Crippen LogP contribution in [-0.4, -0.2) is 20.6 Å². The van der Waals surface area contributed by atoms with Crippen LogP contribution >= 0.6 is 35.7 Å². The SMILES string of the molecule is CCC(Oc1ccc(Sc2ccccc2)cc1)SCc1nc(=S)[nH][nH]1. The van der Waals surface area contributed by atoms with Gasteiger partial charge in [0.05, 0.1) is 5.75 Å². The summed E-state index contributed by atoms with van der Waals surface area (Å²) in [6, 6.07) is 18.6. The van der Waals surface area contributed by atoms with Crippen molar-refractivity contribution in [2.75, 3.05) is 0 Å². The van der Waals surface area contributed by atoms with Gasteiger partial charge >= 0.3 is 0 Å². The van der Waals surface area contributed by atoms with E-state index in [1.54, 1.807) is 23.5 Å². The Labute approximate surface area is 160 Å². The lowest BCUT2D eigenvalue weighted by molar-refractivity contribution is 0.283. The van der Waals surface area contributed by atoms with Crippen molar-refractivity contribution in [3.63, 3.8) is 0 Å². The van der Waals surface area contributed by atoms with Gasteiger partial charge in [-0.2, -0.15) is 0 Å². The largest absolute Gasteiger partial charge is 0.480 e. The molecular formula is C18H19N3OS3. The molecule has 130 valence electrons. The number of aromatic nitrogens is 3.